The van der Waals surface area contributed by atoms with Gasteiger partial charge in [-0.15, -0.1) is 6.58 Å². The summed E-state index contributed by atoms with van der Waals surface area (Å²) in [6.07, 6.45) is 2.85. The van der Waals surface area contributed by atoms with E-state index in [0.29, 0.717) is 5.92 Å². The van der Waals surface area contributed by atoms with E-state index in [1.54, 1.807) is 0 Å². The fraction of sp³-hybridized carbons (Fsp3) is 0.571. The normalized spacial score (nSPS) is 34.2. The van der Waals surface area contributed by atoms with Gasteiger partial charge in [0.1, 0.15) is 6.29 Å². The van der Waals surface area contributed by atoms with Crippen LogP contribution in [-0.4, -0.2) is 19.4 Å². The molecule has 1 fully saturated rings. The van der Waals surface area contributed by atoms with E-state index in [1.807, 2.05) is 6.08 Å². The highest BCUT2D eigenvalue weighted by Gasteiger charge is 2.22. The average Bonchev–Trinajstić information content (AvgIpc) is 2.33. The summed E-state index contributed by atoms with van der Waals surface area (Å²) in [6.45, 7) is 5.37. The molecule has 0 saturated carbocycles. The first kappa shape index (κ1) is 6.49. The molecule has 0 aromatic heterocycles. The Hall–Kier alpha value is -0.630. The summed E-state index contributed by atoms with van der Waals surface area (Å²) in [5.74, 6) is 0.532. The number of nitrogens with one attached hydrogen (secondary N) is 1. The highest BCUT2D eigenvalue weighted by Crippen LogP contribution is 2.14. The van der Waals surface area contributed by atoms with Crippen LogP contribution < -0.4 is 5.32 Å². The summed E-state index contributed by atoms with van der Waals surface area (Å²) in [4.78, 5) is 10.3. The number of hydrogen-bond acceptors (Lipinski definition) is 2. The van der Waals surface area contributed by atoms with Gasteiger partial charge in [-0.25, -0.2) is 0 Å². The van der Waals surface area contributed by atoms with Crippen LogP contribution in [0.3, 0.4) is 0 Å². The molecule has 1 aliphatic heterocycles. The molecule has 0 radical (unpaired) electrons. The Balaban J connectivity index is 2.50. The monoisotopic (exact) mass is 125 g/mol. The molecule has 1 saturated heterocycles. The van der Waals surface area contributed by atoms with Crippen molar-refractivity contribution in [1.82, 2.24) is 5.32 Å². The Bertz CT molecular complexity index is 108. The molecule has 0 bridgehead atoms. The molecule has 1 rings (SSSR count). The van der Waals surface area contributed by atoms with E-state index in [4.69, 9.17) is 0 Å². The summed E-state index contributed by atoms with van der Waals surface area (Å²) in [7, 11) is 0. The summed E-state index contributed by atoms with van der Waals surface area (Å²) in [5, 5.41) is 3.12. The minimum atomic E-state index is 0.169. The molecule has 50 valence electrons. The van der Waals surface area contributed by atoms with E-state index in [-0.39, 0.29) is 5.92 Å². The Labute approximate surface area is 54.9 Å². The minimum absolute atomic E-state index is 0.169. The molecule has 1 aliphatic rings. The van der Waals surface area contributed by atoms with Gasteiger partial charge in [0.25, 0.3) is 0 Å². The maximum absolute atomic E-state index is 10.3. The smallest absolute Gasteiger partial charge is 0.124 e. The predicted octanol–water partition coefficient (Wildman–Crippen LogP) is 0.207. The minimum Gasteiger partial charge on any atom is -0.315 e. The van der Waals surface area contributed by atoms with Crippen LogP contribution in [-0.2, 0) is 4.79 Å². The standard InChI is InChI=1S/C7H11NO/c1-2-6-3-8-4-7(6)5-9/h2,5-8H,1,3-4H2. The fourth-order valence-electron chi connectivity index (χ4n) is 1.13. The van der Waals surface area contributed by atoms with Gasteiger partial charge < -0.3 is 10.1 Å². The van der Waals surface area contributed by atoms with Crippen LogP contribution in [0.4, 0.5) is 0 Å². The number of aldehydes is 1. The second kappa shape index (κ2) is 2.78. The van der Waals surface area contributed by atoms with Crippen molar-refractivity contribution < 1.29 is 4.79 Å². The summed E-state index contributed by atoms with van der Waals surface area (Å²) >= 11 is 0. The van der Waals surface area contributed by atoms with Crippen LogP contribution in [0.25, 0.3) is 0 Å². The number of rotatable bonds is 2. The fourth-order valence-corrected chi connectivity index (χ4v) is 1.13. The molecule has 2 unspecified atom stereocenters. The highest BCUT2D eigenvalue weighted by atomic mass is 16.1. The van der Waals surface area contributed by atoms with Gasteiger partial charge in [-0.05, 0) is 5.92 Å². The zero-order valence-corrected chi connectivity index (χ0v) is 5.34. The zero-order chi connectivity index (χ0) is 6.69. The van der Waals surface area contributed by atoms with Crippen LogP contribution in [0.1, 0.15) is 0 Å². The zero-order valence-electron chi connectivity index (χ0n) is 5.34. The maximum atomic E-state index is 10.3. The van der Waals surface area contributed by atoms with Gasteiger partial charge in [0.2, 0.25) is 0 Å². The van der Waals surface area contributed by atoms with Crippen molar-refractivity contribution in [2.75, 3.05) is 13.1 Å². The molecule has 0 aromatic rings. The van der Waals surface area contributed by atoms with E-state index in [2.05, 4.69) is 11.9 Å². The molecule has 1 heterocycles. The number of carbonyl (C=O) groups excluding carboxylic acids is 1. The van der Waals surface area contributed by atoms with Gasteiger partial charge in [-0.2, -0.15) is 0 Å². The Morgan fingerprint density at radius 1 is 1.44 bits per heavy atom. The van der Waals surface area contributed by atoms with Crippen molar-refractivity contribution >= 4 is 6.29 Å². The Morgan fingerprint density at radius 3 is 2.56 bits per heavy atom. The SMILES string of the molecule is C=CC1CNCC1C=O. The molecule has 1 N–H and O–H groups in total. The molecular formula is C7H11NO. The van der Waals surface area contributed by atoms with Crippen LogP contribution in [0.2, 0.25) is 0 Å². The van der Waals surface area contributed by atoms with Gasteiger partial charge in [0.05, 0.1) is 0 Å². The molecular weight excluding hydrogens is 114 g/mol. The Morgan fingerprint density at radius 2 is 2.11 bits per heavy atom. The maximum Gasteiger partial charge on any atom is 0.124 e. The first-order chi connectivity index (χ1) is 4.38. The lowest BCUT2D eigenvalue weighted by Crippen LogP contribution is -2.10. The first-order valence-corrected chi connectivity index (χ1v) is 3.17. The third kappa shape index (κ3) is 1.19. The number of hydrogen-bond donors (Lipinski definition) is 1. The van der Waals surface area contributed by atoms with Gasteiger partial charge in [0, 0.05) is 19.0 Å². The summed E-state index contributed by atoms with van der Waals surface area (Å²) < 4.78 is 0. The van der Waals surface area contributed by atoms with E-state index in [0.717, 1.165) is 19.4 Å². The van der Waals surface area contributed by atoms with E-state index in [1.165, 1.54) is 0 Å². The molecule has 2 heteroatoms. The van der Waals surface area contributed by atoms with E-state index in [9.17, 15) is 4.79 Å². The lowest BCUT2D eigenvalue weighted by atomic mass is 9.98. The molecule has 9 heavy (non-hydrogen) atoms. The van der Waals surface area contributed by atoms with Crippen molar-refractivity contribution in [3.63, 3.8) is 0 Å². The van der Waals surface area contributed by atoms with Crippen LogP contribution in [0, 0.1) is 11.8 Å². The summed E-state index contributed by atoms with van der Waals surface area (Å²) in [5.41, 5.74) is 0. The molecule has 2 nitrogen and oxygen atoms in total. The van der Waals surface area contributed by atoms with Gasteiger partial charge in [-0.1, -0.05) is 6.08 Å². The molecule has 2 atom stereocenters. The van der Waals surface area contributed by atoms with Crippen molar-refractivity contribution in [3.05, 3.63) is 12.7 Å². The average molecular weight is 125 g/mol. The lowest BCUT2D eigenvalue weighted by Gasteiger charge is -2.04. The van der Waals surface area contributed by atoms with Crippen molar-refractivity contribution in [1.29, 1.82) is 0 Å². The second-order valence-corrected chi connectivity index (χ2v) is 2.36. The molecule has 0 spiro atoms. The molecule has 0 amide bonds. The second-order valence-electron chi connectivity index (χ2n) is 2.36. The van der Waals surface area contributed by atoms with E-state index >= 15 is 0 Å². The third-order valence-corrected chi connectivity index (χ3v) is 1.79. The Kier molecular flexibility index (Phi) is 2.01. The van der Waals surface area contributed by atoms with Gasteiger partial charge in [-0.3, -0.25) is 0 Å². The molecule has 0 aliphatic carbocycles. The predicted molar refractivity (Wildman–Crippen MR) is 36.1 cm³/mol. The topological polar surface area (TPSA) is 29.1 Å². The highest BCUT2D eigenvalue weighted by molar-refractivity contribution is 5.55. The van der Waals surface area contributed by atoms with Crippen LogP contribution >= 0.6 is 0 Å². The van der Waals surface area contributed by atoms with E-state index < -0.39 is 0 Å². The lowest BCUT2D eigenvalue weighted by molar-refractivity contribution is -0.111. The summed E-state index contributed by atoms with van der Waals surface area (Å²) in [6, 6.07) is 0. The van der Waals surface area contributed by atoms with Crippen molar-refractivity contribution in [2.24, 2.45) is 11.8 Å². The van der Waals surface area contributed by atoms with Crippen molar-refractivity contribution in [3.8, 4) is 0 Å². The largest absolute Gasteiger partial charge is 0.315 e. The first-order valence-electron chi connectivity index (χ1n) is 3.17. The van der Waals surface area contributed by atoms with Gasteiger partial charge >= 0.3 is 0 Å². The van der Waals surface area contributed by atoms with Crippen LogP contribution in [0.5, 0.6) is 0 Å². The van der Waals surface area contributed by atoms with Crippen molar-refractivity contribution in [2.45, 2.75) is 0 Å². The molecule has 0 aromatic carbocycles. The quantitative estimate of drug-likeness (QED) is 0.422. The third-order valence-electron chi connectivity index (χ3n) is 1.79. The number of carbonyl (C=O) groups is 1. The van der Waals surface area contributed by atoms with Crippen LogP contribution in [0.15, 0.2) is 12.7 Å². The van der Waals surface area contributed by atoms with Gasteiger partial charge in [0.15, 0.2) is 0 Å².